The van der Waals surface area contributed by atoms with Gasteiger partial charge < -0.3 is 5.32 Å². The van der Waals surface area contributed by atoms with Gasteiger partial charge in [-0.15, -0.1) is 0 Å². The maximum atomic E-state index is 11.2. The number of anilines is 1. The molecule has 16 heavy (non-hydrogen) atoms. The van der Waals surface area contributed by atoms with Crippen LogP contribution in [0.1, 0.15) is 31.1 Å². The second kappa shape index (κ2) is 4.80. The molecular formula is C13H16N2O. The van der Waals surface area contributed by atoms with Gasteiger partial charge in [0, 0.05) is 17.8 Å². The van der Waals surface area contributed by atoms with Crippen LogP contribution < -0.4 is 5.32 Å². The van der Waals surface area contributed by atoms with Gasteiger partial charge >= 0.3 is 0 Å². The first-order valence-corrected chi connectivity index (χ1v) is 5.21. The maximum absolute atomic E-state index is 11.2. The zero-order chi connectivity index (χ0) is 12.2. The van der Waals surface area contributed by atoms with E-state index in [1.165, 1.54) is 0 Å². The molecule has 0 atom stereocenters. The molecule has 0 bridgehead atoms. The Morgan fingerprint density at radius 1 is 1.50 bits per heavy atom. The summed E-state index contributed by atoms with van der Waals surface area (Å²) in [6.45, 7) is 5.84. The number of benzene rings is 1. The molecule has 0 fully saturated rings. The summed E-state index contributed by atoms with van der Waals surface area (Å²) >= 11 is 0. The summed E-state index contributed by atoms with van der Waals surface area (Å²) in [5.41, 5.74) is 1.14. The van der Waals surface area contributed by atoms with Crippen LogP contribution in [0, 0.1) is 16.7 Å². The van der Waals surface area contributed by atoms with Crippen molar-refractivity contribution in [1.82, 2.24) is 0 Å². The summed E-state index contributed by atoms with van der Waals surface area (Å²) in [7, 11) is 0. The molecule has 0 unspecified atom stereocenters. The van der Waals surface area contributed by atoms with E-state index in [1.807, 2.05) is 26.0 Å². The van der Waals surface area contributed by atoms with Gasteiger partial charge in [-0.2, -0.15) is 5.26 Å². The molecule has 3 nitrogen and oxygen atoms in total. The fourth-order valence-corrected chi connectivity index (χ4v) is 1.21. The lowest BCUT2D eigenvalue weighted by molar-refractivity contribution is 0.101. The maximum Gasteiger partial charge on any atom is 0.159 e. The summed E-state index contributed by atoms with van der Waals surface area (Å²) in [4.78, 5) is 11.2. The number of ketones is 1. The van der Waals surface area contributed by atoms with Crippen LogP contribution in [0.4, 0.5) is 5.69 Å². The van der Waals surface area contributed by atoms with Crippen LogP contribution in [0.3, 0.4) is 0 Å². The normalized spacial score (nSPS) is 10.6. The van der Waals surface area contributed by atoms with Gasteiger partial charge in [0.05, 0.1) is 11.5 Å². The fraction of sp³-hybridized carbons (Fsp3) is 0.385. The number of hydrogen-bond acceptors (Lipinski definition) is 3. The second-order valence-electron chi connectivity index (χ2n) is 4.49. The smallest absolute Gasteiger partial charge is 0.159 e. The Morgan fingerprint density at radius 2 is 2.19 bits per heavy atom. The summed E-state index contributed by atoms with van der Waals surface area (Å²) in [6, 6.07) is 9.52. The first-order valence-electron chi connectivity index (χ1n) is 5.21. The molecule has 0 aliphatic heterocycles. The minimum Gasteiger partial charge on any atom is -0.383 e. The Labute approximate surface area is 96.1 Å². The van der Waals surface area contributed by atoms with Crippen molar-refractivity contribution < 1.29 is 4.79 Å². The predicted octanol–water partition coefficient (Wildman–Crippen LogP) is 2.85. The number of hydrogen-bond donors (Lipinski definition) is 1. The minimum absolute atomic E-state index is 0.0446. The lowest BCUT2D eigenvalue weighted by Crippen LogP contribution is -2.20. The standard InChI is InChI=1S/C13H16N2O/c1-10(16)11-5-4-6-12(7-11)15-9-13(2,3)8-14/h4-7,15H,9H2,1-3H3. The molecule has 0 aromatic heterocycles. The highest BCUT2D eigenvalue weighted by molar-refractivity contribution is 5.94. The zero-order valence-electron chi connectivity index (χ0n) is 9.87. The van der Waals surface area contributed by atoms with E-state index in [4.69, 9.17) is 5.26 Å². The van der Waals surface area contributed by atoms with Crippen molar-refractivity contribution in [3.63, 3.8) is 0 Å². The first kappa shape index (κ1) is 12.3. The van der Waals surface area contributed by atoms with Crippen molar-refractivity contribution in [3.8, 4) is 6.07 Å². The third-order valence-corrected chi connectivity index (χ3v) is 2.31. The van der Waals surface area contributed by atoms with E-state index >= 15 is 0 Å². The molecule has 0 aliphatic carbocycles. The van der Waals surface area contributed by atoms with Crippen LogP contribution in [0.5, 0.6) is 0 Å². The number of nitrogens with one attached hydrogen (secondary N) is 1. The van der Waals surface area contributed by atoms with Crippen LogP contribution in [-0.2, 0) is 0 Å². The fourth-order valence-electron chi connectivity index (χ4n) is 1.21. The molecule has 3 heteroatoms. The molecule has 0 radical (unpaired) electrons. The zero-order valence-corrected chi connectivity index (χ0v) is 9.87. The molecule has 0 amide bonds. The van der Waals surface area contributed by atoms with E-state index in [9.17, 15) is 4.79 Å². The SMILES string of the molecule is CC(=O)c1cccc(NCC(C)(C)C#N)c1. The average Bonchev–Trinajstić information content (AvgIpc) is 2.27. The lowest BCUT2D eigenvalue weighted by Gasteiger charge is -2.17. The topological polar surface area (TPSA) is 52.9 Å². The number of Topliss-reactive ketones (excluding diaryl/α,β-unsaturated/α-hetero) is 1. The molecule has 0 saturated heterocycles. The molecule has 1 N–H and O–H groups in total. The highest BCUT2D eigenvalue weighted by atomic mass is 16.1. The van der Waals surface area contributed by atoms with Gasteiger partial charge in [-0.25, -0.2) is 0 Å². The summed E-state index contributed by atoms with van der Waals surface area (Å²) in [6.07, 6.45) is 0. The van der Waals surface area contributed by atoms with Gasteiger partial charge in [-0.3, -0.25) is 4.79 Å². The predicted molar refractivity (Wildman–Crippen MR) is 64.3 cm³/mol. The molecule has 84 valence electrons. The van der Waals surface area contributed by atoms with Gasteiger partial charge in [0.1, 0.15) is 0 Å². The third-order valence-electron chi connectivity index (χ3n) is 2.31. The third kappa shape index (κ3) is 3.39. The van der Waals surface area contributed by atoms with Crippen molar-refractivity contribution in [2.24, 2.45) is 5.41 Å². The Morgan fingerprint density at radius 3 is 2.75 bits per heavy atom. The first-order chi connectivity index (χ1) is 7.44. The lowest BCUT2D eigenvalue weighted by atomic mass is 9.96. The van der Waals surface area contributed by atoms with Crippen LogP contribution in [-0.4, -0.2) is 12.3 Å². The largest absolute Gasteiger partial charge is 0.383 e. The van der Waals surface area contributed by atoms with E-state index in [0.29, 0.717) is 12.1 Å². The Balaban J connectivity index is 2.72. The van der Waals surface area contributed by atoms with Crippen LogP contribution in [0.15, 0.2) is 24.3 Å². The number of carbonyl (C=O) groups excluding carboxylic acids is 1. The van der Waals surface area contributed by atoms with E-state index in [1.54, 1.807) is 19.1 Å². The Bertz CT molecular complexity index is 430. The number of rotatable bonds is 4. The summed E-state index contributed by atoms with van der Waals surface area (Å²) in [5, 5.41) is 12.0. The van der Waals surface area contributed by atoms with E-state index in [2.05, 4.69) is 11.4 Å². The van der Waals surface area contributed by atoms with Crippen molar-refractivity contribution >= 4 is 11.5 Å². The van der Waals surface area contributed by atoms with E-state index < -0.39 is 5.41 Å². The molecule has 1 aromatic rings. The molecular weight excluding hydrogens is 200 g/mol. The van der Waals surface area contributed by atoms with Crippen molar-refractivity contribution in [2.45, 2.75) is 20.8 Å². The van der Waals surface area contributed by atoms with Crippen molar-refractivity contribution in [2.75, 3.05) is 11.9 Å². The van der Waals surface area contributed by atoms with Gasteiger partial charge in [0.25, 0.3) is 0 Å². The van der Waals surface area contributed by atoms with Crippen molar-refractivity contribution in [3.05, 3.63) is 29.8 Å². The Kier molecular flexibility index (Phi) is 3.68. The number of carbonyl (C=O) groups is 1. The highest BCUT2D eigenvalue weighted by Crippen LogP contribution is 2.16. The second-order valence-corrected chi connectivity index (χ2v) is 4.49. The van der Waals surface area contributed by atoms with E-state index in [0.717, 1.165) is 5.69 Å². The molecule has 0 heterocycles. The van der Waals surface area contributed by atoms with Crippen LogP contribution in [0.25, 0.3) is 0 Å². The average molecular weight is 216 g/mol. The molecule has 0 aliphatic rings. The van der Waals surface area contributed by atoms with Gasteiger partial charge in [0.2, 0.25) is 0 Å². The molecule has 1 rings (SSSR count). The van der Waals surface area contributed by atoms with Gasteiger partial charge in [-0.1, -0.05) is 12.1 Å². The van der Waals surface area contributed by atoms with Gasteiger partial charge in [-0.05, 0) is 32.9 Å². The minimum atomic E-state index is -0.410. The van der Waals surface area contributed by atoms with E-state index in [-0.39, 0.29) is 5.78 Å². The number of nitrogens with zero attached hydrogens (tertiary/aromatic N) is 1. The quantitative estimate of drug-likeness (QED) is 0.787. The summed E-state index contributed by atoms with van der Waals surface area (Å²) in [5.74, 6) is 0.0446. The Hall–Kier alpha value is -1.82. The molecule has 1 aromatic carbocycles. The van der Waals surface area contributed by atoms with Gasteiger partial charge in [0.15, 0.2) is 5.78 Å². The highest BCUT2D eigenvalue weighted by Gasteiger charge is 2.15. The summed E-state index contributed by atoms with van der Waals surface area (Å²) < 4.78 is 0. The van der Waals surface area contributed by atoms with Crippen LogP contribution >= 0.6 is 0 Å². The monoisotopic (exact) mass is 216 g/mol. The molecule has 0 saturated carbocycles. The van der Waals surface area contributed by atoms with Crippen LogP contribution in [0.2, 0.25) is 0 Å². The molecule has 0 spiro atoms. The van der Waals surface area contributed by atoms with Crippen molar-refractivity contribution in [1.29, 1.82) is 5.26 Å². The number of nitriles is 1.